The summed E-state index contributed by atoms with van der Waals surface area (Å²) in [6, 6.07) is 13.2. The van der Waals surface area contributed by atoms with Crippen LogP contribution in [0.4, 0.5) is 5.69 Å². The van der Waals surface area contributed by atoms with E-state index in [1.54, 1.807) is 0 Å². The second-order valence-corrected chi connectivity index (χ2v) is 5.63. The number of anilines is 1. The van der Waals surface area contributed by atoms with E-state index in [1.807, 2.05) is 4.97 Å². The van der Waals surface area contributed by atoms with Crippen LogP contribution in [-0.2, 0) is 4.84 Å². The van der Waals surface area contributed by atoms with Gasteiger partial charge >= 0.3 is 0 Å². The van der Waals surface area contributed by atoms with Gasteiger partial charge in [0.1, 0.15) is 0 Å². The lowest BCUT2D eigenvalue weighted by Gasteiger charge is -2.22. The lowest BCUT2D eigenvalue weighted by Crippen LogP contribution is -2.20. The van der Waals surface area contributed by atoms with Crippen LogP contribution in [0.1, 0.15) is 16.7 Å². The first-order valence-corrected chi connectivity index (χ1v) is 7.24. The van der Waals surface area contributed by atoms with Gasteiger partial charge in [-0.25, -0.2) is 0 Å². The summed E-state index contributed by atoms with van der Waals surface area (Å²) in [5, 5.41) is 0. The number of nitrogens with zero attached hydrogens (tertiary/aromatic N) is 1. The Balaban J connectivity index is 2.15. The highest BCUT2D eigenvalue weighted by Crippen LogP contribution is 2.35. The summed E-state index contributed by atoms with van der Waals surface area (Å²) >= 11 is 0. The first-order chi connectivity index (χ1) is 9.65. The second kappa shape index (κ2) is 5.33. The van der Waals surface area contributed by atoms with Crippen molar-refractivity contribution >= 4 is 13.1 Å². The third-order valence-electron chi connectivity index (χ3n) is 3.86. The largest absolute Gasteiger partial charge is 0.304 e. The molecule has 1 fully saturated rings. The number of rotatable bonds is 2. The van der Waals surface area contributed by atoms with E-state index in [4.69, 9.17) is 4.84 Å². The minimum absolute atomic E-state index is 0.820. The van der Waals surface area contributed by atoms with Gasteiger partial charge in [-0.15, -0.1) is 0 Å². The molecule has 20 heavy (non-hydrogen) atoms. The van der Waals surface area contributed by atoms with Gasteiger partial charge in [-0.05, 0) is 50.4 Å². The maximum Gasteiger partial charge on any atom is 0.275 e. The van der Waals surface area contributed by atoms with Gasteiger partial charge in [0.05, 0.1) is 12.3 Å². The molecule has 0 amide bonds. The Morgan fingerprint density at radius 2 is 1.65 bits per heavy atom. The van der Waals surface area contributed by atoms with E-state index in [0.29, 0.717) is 0 Å². The average Bonchev–Trinajstić information content (AvgIpc) is 2.95. The van der Waals surface area contributed by atoms with Crippen molar-refractivity contribution in [3.05, 3.63) is 53.1 Å². The fourth-order valence-electron chi connectivity index (χ4n) is 2.75. The molecule has 1 heterocycles. The molecule has 0 radical (unpaired) electrons. The Morgan fingerprint density at radius 1 is 0.950 bits per heavy atom. The Labute approximate surface area is 121 Å². The molecular formula is C17H20BNO. The zero-order chi connectivity index (χ0) is 14.1. The molecule has 0 saturated carbocycles. The summed E-state index contributed by atoms with van der Waals surface area (Å²) in [4.78, 5) is 7.78. The van der Waals surface area contributed by atoms with Crippen LogP contribution < -0.4 is 4.97 Å². The molecule has 0 unspecified atom stereocenters. The number of hydrogen-bond acceptors (Lipinski definition) is 2. The molecule has 1 aliphatic rings. The van der Waals surface area contributed by atoms with Crippen molar-refractivity contribution in [1.29, 1.82) is 0 Å². The van der Waals surface area contributed by atoms with Gasteiger partial charge in [-0.3, -0.25) is 4.84 Å². The lowest BCUT2D eigenvalue weighted by molar-refractivity contribution is 0.185. The Kier molecular flexibility index (Phi) is 3.54. The fourth-order valence-corrected chi connectivity index (χ4v) is 2.75. The van der Waals surface area contributed by atoms with Crippen molar-refractivity contribution in [3.63, 3.8) is 0 Å². The van der Waals surface area contributed by atoms with Crippen LogP contribution in [0.5, 0.6) is 0 Å². The van der Waals surface area contributed by atoms with Gasteiger partial charge < -0.3 is 4.97 Å². The van der Waals surface area contributed by atoms with Crippen LogP contribution in [0.15, 0.2) is 36.4 Å². The Morgan fingerprint density at radius 3 is 2.35 bits per heavy atom. The normalized spacial score (nSPS) is 14.4. The van der Waals surface area contributed by atoms with Gasteiger partial charge in [-0.1, -0.05) is 35.4 Å². The summed E-state index contributed by atoms with van der Waals surface area (Å²) in [6.45, 7) is 7.28. The Hall–Kier alpha value is -1.74. The van der Waals surface area contributed by atoms with E-state index < -0.39 is 0 Å². The molecule has 1 aliphatic heterocycles. The van der Waals surface area contributed by atoms with E-state index in [9.17, 15) is 0 Å². The molecule has 2 nitrogen and oxygen atoms in total. The monoisotopic (exact) mass is 265 g/mol. The van der Waals surface area contributed by atoms with Gasteiger partial charge in [0.15, 0.2) is 0 Å². The standard InChI is InChI=1S/C17H20BNO/c1-12-4-6-14(3)15(10-12)16-11-13(2)5-7-17(16)19-18-8-9-20-19/h4-7,10-11,18H,8-9H2,1-3H3. The highest BCUT2D eigenvalue weighted by molar-refractivity contribution is 6.41. The molecule has 0 N–H and O–H groups in total. The van der Waals surface area contributed by atoms with Crippen molar-refractivity contribution < 1.29 is 4.84 Å². The molecule has 3 rings (SSSR count). The highest BCUT2D eigenvalue weighted by atomic mass is 16.7. The van der Waals surface area contributed by atoms with Crippen molar-refractivity contribution in [2.24, 2.45) is 0 Å². The van der Waals surface area contributed by atoms with E-state index in [0.717, 1.165) is 20.3 Å². The van der Waals surface area contributed by atoms with Crippen molar-refractivity contribution in [3.8, 4) is 11.1 Å². The fraction of sp³-hybridized carbons (Fsp3) is 0.294. The average molecular weight is 265 g/mol. The molecule has 0 aliphatic carbocycles. The second-order valence-electron chi connectivity index (χ2n) is 5.63. The first kappa shape index (κ1) is 13.3. The molecule has 0 spiro atoms. The molecule has 2 aromatic carbocycles. The summed E-state index contributed by atoms with van der Waals surface area (Å²) in [7, 11) is 0.973. The predicted molar refractivity (Wildman–Crippen MR) is 86.5 cm³/mol. The van der Waals surface area contributed by atoms with Crippen LogP contribution in [0.2, 0.25) is 6.32 Å². The maximum absolute atomic E-state index is 5.74. The quantitative estimate of drug-likeness (QED) is 0.766. The smallest absolute Gasteiger partial charge is 0.275 e. The minimum atomic E-state index is 0.820. The van der Waals surface area contributed by atoms with Gasteiger partial charge in [0.2, 0.25) is 0 Å². The van der Waals surface area contributed by atoms with Crippen LogP contribution in [0, 0.1) is 20.8 Å². The topological polar surface area (TPSA) is 12.5 Å². The van der Waals surface area contributed by atoms with Crippen molar-refractivity contribution in [2.45, 2.75) is 27.1 Å². The molecule has 2 aromatic rings. The molecular weight excluding hydrogens is 245 g/mol. The summed E-state index contributed by atoms with van der Waals surface area (Å²) in [6.07, 6.45) is 1.10. The van der Waals surface area contributed by atoms with E-state index in [1.165, 1.54) is 33.5 Å². The van der Waals surface area contributed by atoms with Gasteiger partial charge in [0.25, 0.3) is 7.41 Å². The zero-order valence-corrected chi connectivity index (χ0v) is 12.4. The number of benzene rings is 2. The highest BCUT2D eigenvalue weighted by Gasteiger charge is 2.19. The van der Waals surface area contributed by atoms with E-state index >= 15 is 0 Å². The van der Waals surface area contributed by atoms with Crippen LogP contribution in [-0.4, -0.2) is 14.0 Å². The molecule has 0 aromatic heterocycles. The van der Waals surface area contributed by atoms with Crippen LogP contribution in [0.25, 0.3) is 11.1 Å². The predicted octanol–water partition coefficient (Wildman–Crippen LogP) is 3.80. The molecule has 0 atom stereocenters. The molecule has 0 bridgehead atoms. The van der Waals surface area contributed by atoms with Gasteiger partial charge in [0, 0.05) is 5.56 Å². The van der Waals surface area contributed by atoms with Crippen LogP contribution in [0.3, 0.4) is 0 Å². The first-order valence-electron chi connectivity index (χ1n) is 7.24. The zero-order valence-electron chi connectivity index (χ0n) is 12.4. The van der Waals surface area contributed by atoms with Crippen molar-refractivity contribution in [2.75, 3.05) is 11.6 Å². The lowest BCUT2D eigenvalue weighted by atomic mass is 9.88. The summed E-state index contributed by atoms with van der Waals surface area (Å²) in [5.74, 6) is 0. The third kappa shape index (κ3) is 2.46. The molecule has 3 heteroatoms. The Bertz CT molecular complexity index is 633. The SMILES string of the molecule is Cc1ccc(C)c(-c2cc(C)ccc2N2BCCO2)c1. The minimum Gasteiger partial charge on any atom is -0.304 e. The van der Waals surface area contributed by atoms with E-state index in [2.05, 4.69) is 57.2 Å². The van der Waals surface area contributed by atoms with E-state index in [-0.39, 0.29) is 0 Å². The number of hydrogen-bond donors (Lipinski definition) is 0. The van der Waals surface area contributed by atoms with Gasteiger partial charge in [-0.2, -0.15) is 0 Å². The number of aryl methyl sites for hydroxylation is 3. The molecule has 102 valence electrons. The van der Waals surface area contributed by atoms with Crippen molar-refractivity contribution in [1.82, 2.24) is 0 Å². The summed E-state index contributed by atoms with van der Waals surface area (Å²) in [5.41, 5.74) is 7.64. The summed E-state index contributed by atoms with van der Waals surface area (Å²) < 4.78 is 0. The third-order valence-corrected chi connectivity index (χ3v) is 3.86. The maximum atomic E-state index is 5.74. The molecule has 1 saturated heterocycles. The van der Waals surface area contributed by atoms with Crippen LogP contribution >= 0.6 is 0 Å².